The molecule has 0 aliphatic carbocycles. The zero-order valence-electron chi connectivity index (χ0n) is 10.7. The van der Waals surface area contributed by atoms with E-state index in [9.17, 15) is 31.1 Å². The van der Waals surface area contributed by atoms with Gasteiger partial charge < -0.3 is 9.47 Å². The molecule has 0 saturated heterocycles. The maximum atomic E-state index is 12.4. The highest BCUT2D eigenvalue weighted by molar-refractivity contribution is 5.71. The standard InChI is InChI=1S/C10H14F6O3/c1-7(2,3)19-6(17)5-18-8(4,9(11,12)13)10(14,15)16/h5H2,1-4H3. The maximum Gasteiger partial charge on any atom is 0.426 e. The van der Waals surface area contributed by atoms with E-state index in [0.29, 0.717) is 0 Å². The van der Waals surface area contributed by atoms with Crippen molar-refractivity contribution in [2.45, 2.75) is 51.2 Å². The summed E-state index contributed by atoms with van der Waals surface area (Å²) in [6.07, 6.45) is -11.4. The summed E-state index contributed by atoms with van der Waals surface area (Å²) in [5, 5.41) is 0. The van der Waals surface area contributed by atoms with Crippen LogP contribution in [0, 0.1) is 0 Å². The van der Waals surface area contributed by atoms with Crippen LogP contribution in [0.15, 0.2) is 0 Å². The Morgan fingerprint density at radius 3 is 1.53 bits per heavy atom. The Kier molecular flexibility index (Phi) is 4.91. The molecule has 0 radical (unpaired) electrons. The molecule has 0 rings (SSSR count). The number of rotatable bonds is 3. The van der Waals surface area contributed by atoms with Crippen molar-refractivity contribution < 1.29 is 40.6 Å². The number of hydrogen-bond acceptors (Lipinski definition) is 3. The van der Waals surface area contributed by atoms with Gasteiger partial charge in [-0.1, -0.05) is 0 Å². The summed E-state index contributed by atoms with van der Waals surface area (Å²) in [4.78, 5) is 11.1. The minimum atomic E-state index is -5.70. The Balaban J connectivity index is 4.87. The van der Waals surface area contributed by atoms with Gasteiger partial charge in [0.2, 0.25) is 0 Å². The van der Waals surface area contributed by atoms with Crippen LogP contribution in [-0.2, 0) is 14.3 Å². The van der Waals surface area contributed by atoms with Crippen LogP contribution in [0.5, 0.6) is 0 Å². The highest BCUT2D eigenvalue weighted by Gasteiger charge is 2.69. The Morgan fingerprint density at radius 2 is 1.26 bits per heavy atom. The van der Waals surface area contributed by atoms with Crippen LogP contribution < -0.4 is 0 Å². The van der Waals surface area contributed by atoms with Crippen LogP contribution in [0.25, 0.3) is 0 Å². The number of alkyl halides is 6. The van der Waals surface area contributed by atoms with Crippen molar-refractivity contribution in [1.82, 2.24) is 0 Å². The lowest BCUT2D eigenvalue weighted by molar-refractivity contribution is -0.372. The van der Waals surface area contributed by atoms with E-state index in [2.05, 4.69) is 9.47 Å². The summed E-state index contributed by atoms with van der Waals surface area (Å²) in [6.45, 7) is 2.61. The lowest BCUT2D eigenvalue weighted by atomic mass is 10.1. The van der Waals surface area contributed by atoms with Crippen molar-refractivity contribution >= 4 is 5.97 Å². The average Bonchev–Trinajstić information content (AvgIpc) is 2.07. The molecule has 3 nitrogen and oxygen atoms in total. The van der Waals surface area contributed by atoms with Gasteiger partial charge in [0.05, 0.1) is 0 Å². The van der Waals surface area contributed by atoms with Crippen LogP contribution in [-0.4, -0.2) is 36.1 Å². The lowest BCUT2D eigenvalue weighted by Gasteiger charge is -2.33. The smallest absolute Gasteiger partial charge is 0.426 e. The predicted octanol–water partition coefficient (Wildman–Crippen LogP) is 3.23. The van der Waals surface area contributed by atoms with E-state index in [1.165, 1.54) is 20.8 Å². The van der Waals surface area contributed by atoms with Gasteiger partial charge in [-0.05, 0) is 27.7 Å². The van der Waals surface area contributed by atoms with Crippen LogP contribution in [0.2, 0.25) is 0 Å². The van der Waals surface area contributed by atoms with E-state index in [1.807, 2.05) is 0 Å². The van der Waals surface area contributed by atoms with E-state index in [1.54, 1.807) is 0 Å². The summed E-state index contributed by atoms with van der Waals surface area (Å²) in [7, 11) is 0. The molecule has 0 unspecified atom stereocenters. The molecule has 0 aromatic heterocycles. The van der Waals surface area contributed by atoms with Crippen LogP contribution in [0.1, 0.15) is 27.7 Å². The second-order valence-corrected chi connectivity index (χ2v) is 4.90. The van der Waals surface area contributed by atoms with Crippen LogP contribution in [0.3, 0.4) is 0 Å². The highest BCUT2D eigenvalue weighted by atomic mass is 19.4. The topological polar surface area (TPSA) is 35.5 Å². The van der Waals surface area contributed by atoms with Gasteiger partial charge in [-0.25, -0.2) is 4.79 Å². The van der Waals surface area contributed by atoms with Gasteiger partial charge in [-0.3, -0.25) is 0 Å². The van der Waals surface area contributed by atoms with Crippen molar-refractivity contribution in [3.63, 3.8) is 0 Å². The van der Waals surface area contributed by atoms with Gasteiger partial charge in [0.1, 0.15) is 12.2 Å². The molecule has 0 amide bonds. The minimum Gasteiger partial charge on any atom is -0.458 e. The molecular weight excluding hydrogens is 282 g/mol. The number of hydrogen-bond donors (Lipinski definition) is 0. The second-order valence-electron chi connectivity index (χ2n) is 4.90. The molecule has 0 aliphatic rings. The van der Waals surface area contributed by atoms with Gasteiger partial charge in [-0.2, -0.15) is 26.3 Å². The number of ether oxygens (including phenoxy) is 2. The summed E-state index contributed by atoms with van der Waals surface area (Å²) < 4.78 is 82.7. The summed E-state index contributed by atoms with van der Waals surface area (Å²) in [5.41, 5.74) is -5.45. The molecule has 114 valence electrons. The Morgan fingerprint density at radius 1 is 0.895 bits per heavy atom. The molecule has 0 aromatic rings. The first-order valence-corrected chi connectivity index (χ1v) is 5.09. The van der Waals surface area contributed by atoms with Crippen molar-refractivity contribution in [2.75, 3.05) is 6.61 Å². The zero-order valence-corrected chi connectivity index (χ0v) is 10.7. The van der Waals surface area contributed by atoms with Crippen molar-refractivity contribution in [3.8, 4) is 0 Å². The summed E-state index contributed by atoms with van der Waals surface area (Å²) >= 11 is 0. The zero-order chi connectivity index (χ0) is 15.7. The van der Waals surface area contributed by atoms with Gasteiger partial charge >= 0.3 is 18.3 Å². The molecule has 0 N–H and O–H groups in total. The van der Waals surface area contributed by atoms with E-state index >= 15 is 0 Å². The first-order valence-electron chi connectivity index (χ1n) is 5.09. The number of carbonyl (C=O) groups excluding carboxylic acids is 1. The third-order valence-electron chi connectivity index (χ3n) is 1.98. The van der Waals surface area contributed by atoms with Gasteiger partial charge in [0.25, 0.3) is 5.60 Å². The molecule has 0 saturated carbocycles. The Hall–Kier alpha value is -0.990. The Bertz CT molecular complexity index is 312. The molecule has 19 heavy (non-hydrogen) atoms. The van der Waals surface area contributed by atoms with Crippen molar-refractivity contribution in [3.05, 3.63) is 0 Å². The molecule has 0 fully saturated rings. The molecular formula is C10H14F6O3. The number of esters is 1. The van der Waals surface area contributed by atoms with E-state index in [-0.39, 0.29) is 6.92 Å². The fraction of sp³-hybridized carbons (Fsp3) is 0.900. The molecule has 0 aromatic carbocycles. The summed E-state index contributed by atoms with van der Waals surface area (Å²) in [5.74, 6) is -1.31. The van der Waals surface area contributed by atoms with Crippen molar-refractivity contribution in [2.24, 2.45) is 0 Å². The lowest BCUT2D eigenvalue weighted by Crippen LogP contribution is -2.57. The van der Waals surface area contributed by atoms with Gasteiger partial charge in [0, 0.05) is 0 Å². The quantitative estimate of drug-likeness (QED) is 0.592. The summed E-state index contributed by atoms with van der Waals surface area (Å²) in [6, 6.07) is 0. The molecule has 0 atom stereocenters. The number of halogens is 6. The van der Waals surface area contributed by atoms with E-state index < -0.39 is 36.1 Å². The van der Waals surface area contributed by atoms with E-state index in [0.717, 1.165) is 0 Å². The van der Waals surface area contributed by atoms with Gasteiger partial charge in [0.15, 0.2) is 0 Å². The first-order chi connectivity index (χ1) is 8.10. The van der Waals surface area contributed by atoms with Crippen LogP contribution in [0.4, 0.5) is 26.3 Å². The normalized spacial score (nSPS) is 14.4. The third-order valence-corrected chi connectivity index (χ3v) is 1.98. The fourth-order valence-corrected chi connectivity index (χ4v) is 0.899. The predicted molar refractivity (Wildman–Crippen MR) is 52.3 cm³/mol. The van der Waals surface area contributed by atoms with Crippen LogP contribution >= 0.6 is 0 Å². The monoisotopic (exact) mass is 296 g/mol. The first kappa shape index (κ1) is 18.0. The van der Waals surface area contributed by atoms with E-state index in [4.69, 9.17) is 0 Å². The third kappa shape index (κ3) is 4.88. The Labute approximate surface area is 105 Å². The molecule has 0 bridgehead atoms. The maximum absolute atomic E-state index is 12.4. The minimum absolute atomic E-state index is 0.183. The average molecular weight is 296 g/mol. The van der Waals surface area contributed by atoms with Gasteiger partial charge in [-0.15, -0.1) is 0 Å². The SMILES string of the molecule is CC(C)(C)OC(=O)COC(C)(C(F)(F)F)C(F)(F)F. The fourth-order valence-electron chi connectivity index (χ4n) is 0.899. The molecule has 0 spiro atoms. The second kappa shape index (κ2) is 5.18. The largest absolute Gasteiger partial charge is 0.458 e. The highest BCUT2D eigenvalue weighted by Crippen LogP contribution is 2.45. The number of carbonyl (C=O) groups is 1. The molecule has 9 heteroatoms. The molecule has 0 heterocycles. The molecule has 0 aliphatic heterocycles. The van der Waals surface area contributed by atoms with Crippen molar-refractivity contribution in [1.29, 1.82) is 0 Å².